The van der Waals surface area contributed by atoms with Crippen molar-refractivity contribution in [2.45, 2.75) is 19.9 Å². The molecule has 29 heavy (non-hydrogen) atoms. The number of ether oxygens (including phenoxy) is 2. The molecule has 3 rings (SSSR count). The maximum absolute atomic E-state index is 14.1. The van der Waals surface area contributed by atoms with Crippen LogP contribution in [0.2, 0.25) is 0 Å². The Morgan fingerprint density at radius 2 is 1.97 bits per heavy atom. The minimum absolute atomic E-state index is 0.0567. The predicted octanol–water partition coefficient (Wildman–Crippen LogP) is 3.15. The third-order valence-corrected chi connectivity index (χ3v) is 4.82. The topological polar surface area (TPSA) is 67.9 Å². The molecule has 0 aromatic heterocycles. The second-order valence-electron chi connectivity index (χ2n) is 7.14. The number of benzene rings is 2. The molecule has 1 aliphatic heterocycles. The second-order valence-corrected chi connectivity index (χ2v) is 7.14. The van der Waals surface area contributed by atoms with Crippen LogP contribution in [0.25, 0.3) is 0 Å². The van der Waals surface area contributed by atoms with Crippen molar-refractivity contribution < 1.29 is 23.5 Å². The van der Waals surface area contributed by atoms with Gasteiger partial charge in [0.05, 0.1) is 12.5 Å². The molecule has 0 saturated carbocycles. The van der Waals surface area contributed by atoms with Crippen LogP contribution < -0.4 is 10.1 Å². The summed E-state index contributed by atoms with van der Waals surface area (Å²) in [5.74, 6) is -1.28. The highest BCUT2D eigenvalue weighted by molar-refractivity contribution is 5.97. The summed E-state index contributed by atoms with van der Waals surface area (Å²) < 4.78 is 24.2. The van der Waals surface area contributed by atoms with E-state index in [0.29, 0.717) is 25.4 Å². The van der Waals surface area contributed by atoms with Gasteiger partial charge in [0.1, 0.15) is 6.61 Å². The molecule has 0 radical (unpaired) electrons. The Morgan fingerprint density at radius 1 is 1.21 bits per heavy atom. The number of likely N-dealkylation sites (tertiary alicyclic amines) is 1. The number of carbonyl (C=O) groups excluding carboxylic acids is 2. The highest BCUT2D eigenvalue weighted by Gasteiger charge is 2.34. The van der Waals surface area contributed by atoms with Crippen LogP contribution in [0.1, 0.15) is 17.5 Å². The molecule has 0 aliphatic carbocycles. The summed E-state index contributed by atoms with van der Waals surface area (Å²) in [5.41, 5.74) is 2.51. The van der Waals surface area contributed by atoms with Crippen molar-refractivity contribution in [2.75, 3.05) is 32.2 Å². The monoisotopic (exact) mass is 400 g/mol. The van der Waals surface area contributed by atoms with E-state index in [1.165, 1.54) is 19.2 Å². The van der Waals surface area contributed by atoms with Crippen LogP contribution in [0.15, 0.2) is 42.5 Å². The number of carbonyl (C=O) groups is 2. The number of hydrogen-bond acceptors (Lipinski definition) is 4. The van der Waals surface area contributed by atoms with Crippen LogP contribution in [-0.2, 0) is 20.9 Å². The van der Waals surface area contributed by atoms with Gasteiger partial charge in [-0.05, 0) is 24.6 Å². The Balaban J connectivity index is 1.56. The van der Waals surface area contributed by atoms with E-state index in [-0.39, 0.29) is 30.6 Å². The largest absolute Gasteiger partial charge is 0.488 e. The first-order valence-electron chi connectivity index (χ1n) is 9.51. The lowest BCUT2D eigenvalue weighted by molar-refractivity contribution is -0.128. The van der Waals surface area contributed by atoms with E-state index >= 15 is 0 Å². The minimum atomic E-state index is -0.567. The lowest BCUT2D eigenvalue weighted by Crippen LogP contribution is -2.28. The number of anilines is 1. The molecule has 7 heteroatoms. The number of nitrogens with zero attached hydrogens (tertiary/aromatic N) is 1. The molecule has 0 bridgehead atoms. The quantitative estimate of drug-likeness (QED) is 0.692. The van der Waals surface area contributed by atoms with Crippen LogP contribution in [0, 0.1) is 18.7 Å². The van der Waals surface area contributed by atoms with E-state index in [1.807, 2.05) is 31.2 Å². The van der Waals surface area contributed by atoms with Gasteiger partial charge in [0.2, 0.25) is 11.8 Å². The summed E-state index contributed by atoms with van der Waals surface area (Å²) >= 11 is 0. The van der Waals surface area contributed by atoms with Gasteiger partial charge in [-0.15, -0.1) is 0 Å². The van der Waals surface area contributed by atoms with Crippen molar-refractivity contribution in [1.82, 2.24) is 4.90 Å². The number of methoxy groups -OCH3 is 1. The van der Waals surface area contributed by atoms with Crippen molar-refractivity contribution in [3.63, 3.8) is 0 Å². The number of hydrogen-bond donors (Lipinski definition) is 1. The van der Waals surface area contributed by atoms with Crippen molar-refractivity contribution >= 4 is 17.5 Å². The predicted molar refractivity (Wildman–Crippen MR) is 107 cm³/mol. The molecule has 1 fully saturated rings. The Morgan fingerprint density at radius 3 is 2.66 bits per heavy atom. The average Bonchev–Trinajstić information content (AvgIpc) is 3.06. The lowest BCUT2D eigenvalue weighted by atomic mass is 10.1. The van der Waals surface area contributed by atoms with Crippen molar-refractivity contribution in [3.05, 3.63) is 59.4 Å². The van der Waals surface area contributed by atoms with Gasteiger partial charge in [0.25, 0.3) is 0 Å². The van der Waals surface area contributed by atoms with Gasteiger partial charge in [0.15, 0.2) is 11.6 Å². The Labute approximate surface area is 169 Å². The molecule has 1 atom stereocenters. The number of nitrogens with one attached hydrogen (secondary N) is 1. The standard InChI is InChI=1S/C22H25FN2O4/c1-15-3-5-16(6-4-15)13-25-14-17(11-21(25)26)22(27)24-18-7-8-20(19(23)12-18)29-10-9-28-2/h3-8,12,17H,9-11,13-14H2,1-2H3,(H,24,27). The summed E-state index contributed by atoms with van der Waals surface area (Å²) in [7, 11) is 1.54. The highest BCUT2D eigenvalue weighted by atomic mass is 19.1. The van der Waals surface area contributed by atoms with E-state index in [0.717, 1.165) is 11.1 Å². The molecule has 6 nitrogen and oxygen atoms in total. The fraction of sp³-hybridized carbons (Fsp3) is 0.364. The van der Waals surface area contributed by atoms with Crippen LogP contribution in [-0.4, -0.2) is 43.6 Å². The maximum atomic E-state index is 14.1. The molecule has 1 aliphatic rings. The second kappa shape index (κ2) is 9.52. The molecule has 1 heterocycles. The van der Waals surface area contributed by atoms with E-state index in [4.69, 9.17) is 9.47 Å². The van der Waals surface area contributed by atoms with E-state index in [1.54, 1.807) is 11.0 Å². The van der Waals surface area contributed by atoms with Gasteiger partial charge in [-0.1, -0.05) is 29.8 Å². The van der Waals surface area contributed by atoms with E-state index < -0.39 is 11.7 Å². The van der Waals surface area contributed by atoms with Crippen LogP contribution in [0.5, 0.6) is 5.75 Å². The molecule has 1 N–H and O–H groups in total. The third-order valence-electron chi connectivity index (χ3n) is 4.82. The highest BCUT2D eigenvalue weighted by Crippen LogP contribution is 2.24. The van der Waals surface area contributed by atoms with Crippen LogP contribution in [0.4, 0.5) is 10.1 Å². The van der Waals surface area contributed by atoms with Gasteiger partial charge in [-0.25, -0.2) is 4.39 Å². The average molecular weight is 400 g/mol. The van der Waals surface area contributed by atoms with Gasteiger partial charge < -0.3 is 19.7 Å². The molecule has 0 spiro atoms. The summed E-state index contributed by atoms with van der Waals surface area (Å²) in [6.45, 7) is 3.42. The summed E-state index contributed by atoms with van der Waals surface area (Å²) in [5, 5.41) is 2.69. The van der Waals surface area contributed by atoms with Gasteiger partial charge in [0, 0.05) is 38.4 Å². The Bertz CT molecular complexity index is 870. The molecule has 2 aromatic carbocycles. The lowest BCUT2D eigenvalue weighted by Gasteiger charge is -2.17. The van der Waals surface area contributed by atoms with Gasteiger partial charge in [-0.2, -0.15) is 0 Å². The minimum Gasteiger partial charge on any atom is -0.488 e. The van der Waals surface area contributed by atoms with Crippen LogP contribution in [0.3, 0.4) is 0 Å². The van der Waals surface area contributed by atoms with Crippen molar-refractivity contribution in [3.8, 4) is 5.75 Å². The van der Waals surface area contributed by atoms with E-state index in [2.05, 4.69) is 5.32 Å². The van der Waals surface area contributed by atoms with Crippen LogP contribution >= 0.6 is 0 Å². The molecule has 1 unspecified atom stereocenters. The molecule has 2 amide bonds. The Hall–Kier alpha value is -2.93. The smallest absolute Gasteiger partial charge is 0.229 e. The first-order chi connectivity index (χ1) is 14.0. The zero-order valence-corrected chi connectivity index (χ0v) is 16.6. The van der Waals surface area contributed by atoms with Crippen molar-refractivity contribution in [2.24, 2.45) is 5.92 Å². The molecular formula is C22H25FN2O4. The number of amides is 2. The fourth-order valence-corrected chi connectivity index (χ4v) is 3.19. The molecule has 154 valence electrons. The molecule has 1 saturated heterocycles. The van der Waals surface area contributed by atoms with E-state index in [9.17, 15) is 14.0 Å². The molecule has 2 aromatic rings. The first-order valence-corrected chi connectivity index (χ1v) is 9.51. The molecular weight excluding hydrogens is 375 g/mol. The normalized spacial score (nSPS) is 16.2. The Kier molecular flexibility index (Phi) is 6.82. The number of aryl methyl sites for hydroxylation is 1. The first kappa shape index (κ1) is 20.8. The SMILES string of the molecule is COCCOc1ccc(NC(=O)C2CC(=O)N(Cc3ccc(C)cc3)C2)cc1F. The van der Waals surface area contributed by atoms with Crippen molar-refractivity contribution in [1.29, 1.82) is 0 Å². The number of halogens is 1. The summed E-state index contributed by atoms with van der Waals surface area (Å²) in [6.07, 6.45) is 0.151. The zero-order chi connectivity index (χ0) is 20.8. The maximum Gasteiger partial charge on any atom is 0.229 e. The summed E-state index contributed by atoms with van der Waals surface area (Å²) in [6, 6.07) is 12.2. The van der Waals surface area contributed by atoms with Gasteiger partial charge >= 0.3 is 0 Å². The zero-order valence-electron chi connectivity index (χ0n) is 16.6. The number of rotatable bonds is 8. The van der Waals surface area contributed by atoms with Gasteiger partial charge in [-0.3, -0.25) is 9.59 Å². The third kappa shape index (κ3) is 5.54. The summed E-state index contributed by atoms with van der Waals surface area (Å²) in [4.78, 5) is 26.5. The fourth-order valence-electron chi connectivity index (χ4n) is 3.19.